The van der Waals surface area contributed by atoms with Crippen molar-refractivity contribution in [2.75, 3.05) is 0 Å². The maximum Gasteiger partial charge on any atom is 0.0624 e. The minimum absolute atomic E-state index is 0.0642. The molecule has 0 aromatic heterocycles. The molecule has 3 aliphatic carbocycles. The Morgan fingerprint density at radius 3 is 2.86 bits per heavy atom. The molecule has 6 unspecified atom stereocenters. The molecule has 1 heteroatoms. The lowest BCUT2D eigenvalue weighted by atomic mass is 9.55. The number of hydrogen-bond donors (Lipinski definition) is 1. The average molecular weight is 284 g/mol. The van der Waals surface area contributed by atoms with E-state index in [0.717, 1.165) is 24.2 Å². The van der Waals surface area contributed by atoms with E-state index in [2.05, 4.69) is 38.1 Å². The number of aryl methyl sites for hydroxylation is 1. The first kappa shape index (κ1) is 13.8. The molecule has 3 aliphatic rings. The van der Waals surface area contributed by atoms with E-state index in [1.165, 1.54) is 32.1 Å². The van der Waals surface area contributed by atoms with Crippen molar-refractivity contribution in [3.05, 3.63) is 35.4 Å². The summed E-state index contributed by atoms with van der Waals surface area (Å²) in [5.74, 6) is 2.85. The Balaban J connectivity index is 1.69. The van der Waals surface area contributed by atoms with Gasteiger partial charge in [-0.05, 0) is 72.3 Å². The second kappa shape index (κ2) is 4.84. The average Bonchev–Trinajstić information content (AvgIpc) is 2.78. The van der Waals surface area contributed by atoms with Crippen LogP contribution in [-0.2, 0) is 6.42 Å². The van der Waals surface area contributed by atoms with Crippen molar-refractivity contribution in [1.82, 2.24) is 0 Å². The van der Waals surface area contributed by atoms with E-state index in [4.69, 9.17) is 0 Å². The molecule has 1 aromatic carbocycles. The SMILES string of the molecule is CCC1CC2C3CCc4ccccc4C3CCC2(C)C1O. The molecule has 1 N–H and O–H groups in total. The third kappa shape index (κ3) is 1.86. The Hall–Kier alpha value is -0.820. The molecule has 0 bridgehead atoms. The van der Waals surface area contributed by atoms with Crippen LogP contribution < -0.4 is 0 Å². The Kier molecular flexibility index (Phi) is 3.19. The van der Waals surface area contributed by atoms with E-state index in [-0.39, 0.29) is 11.5 Å². The van der Waals surface area contributed by atoms with Gasteiger partial charge in [-0.3, -0.25) is 0 Å². The summed E-state index contributed by atoms with van der Waals surface area (Å²) in [6, 6.07) is 9.11. The molecule has 2 saturated carbocycles. The van der Waals surface area contributed by atoms with Crippen LogP contribution in [0.5, 0.6) is 0 Å². The predicted molar refractivity (Wildman–Crippen MR) is 86.2 cm³/mol. The molecule has 21 heavy (non-hydrogen) atoms. The van der Waals surface area contributed by atoms with Gasteiger partial charge in [0.1, 0.15) is 0 Å². The topological polar surface area (TPSA) is 20.2 Å². The van der Waals surface area contributed by atoms with E-state index in [9.17, 15) is 5.11 Å². The number of hydrogen-bond acceptors (Lipinski definition) is 1. The first-order valence-corrected chi connectivity index (χ1v) is 8.91. The number of aliphatic hydroxyl groups excluding tert-OH is 1. The molecule has 4 rings (SSSR count). The van der Waals surface area contributed by atoms with Crippen molar-refractivity contribution >= 4 is 0 Å². The highest BCUT2D eigenvalue weighted by Crippen LogP contribution is 2.62. The van der Waals surface area contributed by atoms with Crippen molar-refractivity contribution < 1.29 is 5.11 Å². The van der Waals surface area contributed by atoms with Crippen molar-refractivity contribution in [2.45, 2.75) is 64.4 Å². The van der Waals surface area contributed by atoms with Crippen molar-refractivity contribution in [2.24, 2.45) is 23.2 Å². The Morgan fingerprint density at radius 2 is 2.05 bits per heavy atom. The lowest BCUT2D eigenvalue weighted by molar-refractivity contribution is -0.0328. The van der Waals surface area contributed by atoms with E-state index in [1.807, 2.05) is 0 Å². The summed E-state index contributed by atoms with van der Waals surface area (Å²) in [5.41, 5.74) is 3.41. The Labute approximate surface area is 128 Å². The summed E-state index contributed by atoms with van der Waals surface area (Å²) in [6.45, 7) is 4.64. The van der Waals surface area contributed by atoms with Gasteiger partial charge in [-0.1, -0.05) is 44.5 Å². The second-order valence-corrected chi connectivity index (χ2v) is 8.01. The van der Waals surface area contributed by atoms with Crippen LogP contribution in [0, 0.1) is 23.2 Å². The maximum atomic E-state index is 10.8. The smallest absolute Gasteiger partial charge is 0.0624 e. The van der Waals surface area contributed by atoms with Gasteiger partial charge in [-0.25, -0.2) is 0 Å². The van der Waals surface area contributed by atoms with E-state index < -0.39 is 0 Å². The molecule has 0 radical (unpaired) electrons. The Bertz CT molecular complexity index is 536. The third-order valence-corrected chi connectivity index (χ3v) is 7.28. The first-order chi connectivity index (χ1) is 10.1. The van der Waals surface area contributed by atoms with Crippen molar-refractivity contribution in [3.8, 4) is 0 Å². The van der Waals surface area contributed by atoms with Gasteiger partial charge in [-0.2, -0.15) is 0 Å². The molecule has 114 valence electrons. The van der Waals surface area contributed by atoms with Crippen LogP contribution in [0.25, 0.3) is 0 Å². The number of aliphatic hydroxyl groups is 1. The Morgan fingerprint density at radius 1 is 1.24 bits per heavy atom. The summed E-state index contributed by atoms with van der Waals surface area (Å²) in [7, 11) is 0. The zero-order valence-corrected chi connectivity index (χ0v) is 13.4. The van der Waals surface area contributed by atoms with E-state index in [1.54, 1.807) is 11.1 Å². The number of benzene rings is 1. The predicted octanol–water partition coefficient (Wildman–Crippen LogP) is 4.54. The van der Waals surface area contributed by atoms with Crippen LogP contribution >= 0.6 is 0 Å². The fraction of sp³-hybridized carbons (Fsp3) is 0.700. The molecule has 0 heterocycles. The standard InChI is InChI=1S/C20H28O/c1-3-13-12-18-17-9-8-14-6-4-5-7-15(14)16(17)10-11-20(18,2)19(13)21/h4-7,13,16-19,21H,3,8-12H2,1-2H3. The van der Waals surface area contributed by atoms with Gasteiger partial charge in [0.15, 0.2) is 0 Å². The van der Waals surface area contributed by atoms with Crippen LogP contribution in [0.2, 0.25) is 0 Å². The van der Waals surface area contributed by atoms with E-state index >= 15 is 0 Å². The van der Waals surface area contributed by atoms with Gasteiger partial charge < -0.3 is 5.11 Å². The first-order valence-electron chi connectivity index (χ1n) is 8.91. The zero-order valence-electron chi connectivity index (χ0n) is 13.4. The van der Waals surface area contributed by atoms with Gasteiger partial charge in [0.05, 0.1) is 6.10 Å². The second-order valence-electron chi connectivity index (χ2n) is 8.01. The fourth-order valence-corrected chi connectivity index (χ4v) is 6.06. The highest BCUT2D eigenvalue weighted by atomic mass is 16.3. The molecule has 6 atom stereocenters. The normalized spacial score (nSPS) is 44.8. The molecule has 2 fully saturated rings. The van der Waals surface area contributed by atoms with Crippen LogP contribution in [0.4, 0.5) is 0 Å². The molecule has 1 nitrogen and oxygen atoms in total. The monoisotopic (exact) mass is 284 g/mol. The molecule has 0 aliphatic heterocycles. The van der Waals surface area contributed by atoms with Crippen LogP contribution in [0.3, 0.4) is 0 Å². The third-order valence-electron chi connectivity index (χ3n) is 7.28. The van der Waals surface area contributed by atoms with Gasteiger partial charge in [0.25, 0.3) is 0 Å². The van der Waals surface area contributed by atoms with E-state index in [0.29, 0.717) is 5.92 Å². The van der Waals surface area contributed by atoms with Crippen LogP contribution in [0.1, 0.15) is 63.0 Å². The van der Waals surface area contributed by atoms with Crippen molar-refractivity contribution in [3.63, 3.8) is 0 Å². The van der Waals surface area contributed by atoms with Crippen molar-refractivity contribution in [1.29, 1.82) is 0 Å². The molecule has 1 aromatic rings. The summed E-state index contributed by atoms with van der Waals surface area (Å²) >= 11 is 0. The molecule has 0 saturated heterocycles. The molecular formula is C20H28O. The maximum absolute atomic E-state index is 10.8. The lowest BCUT2D eigenvalue weighted by Gasteiger charge is -2.50. The summed E-state index contributed by atoms with van der Waals surface area (Å²) in [5, 5.41) is 10.8. The van der Waals surface area contributed by atoms with Gasteiger partial charge in [-0.15, -0.1) is 0 Å². The summed E-state index contributed by atoms with van der Waals surface area (Å²) in [4.78, 5) is 0. The molecule has 0 spiro atoms. The minimum Gasteiger partial charge on any atom is -0.392 e. The lowest BCUT2D eigenvalue weighted by Crippen LogP contribution is -2.44. The highest BCUT2D eigenvalue weighted by Gasteiger charge is 2.57. The quantitative estimate of drug-likeness (QED) is 0.802. The largest absolute Gasteiger partial charge is 0.392 e. The molecule has 0 amide bonds. The van der Waals surface area contributed by atoms with Gasteiger partial charge >= 0.3 is 0 Å². The minimum atomic E-state index is -0.0642. The van der Waals surface area contributed by atoms with Crippen LogP contribution in [-0.4, -0.2) is 11.2 Å². The highest BCUT2D eigenvalue weighted by molar-refractivity contribution is 5.35. The summed E-state index contributed by atoms with van der Waals surface area (Å²) in [6.07, 6.45) is 7.42. The molecular weight excluding hydrogens is 256 g/mol. The summed E-state index contributed by atoms with van der Waals surface area (Å²) < 4.78 is 0. The fourth-order valence-electron chi connectivity index (χ4n) is 6.06. The van der Waals surface area contributed by atoms with Gasteiger partial charge in [0, 0.05) is 0 Å². The zero-order chi connectivity index (χ0) is 14.6. The van der Waals surface area contributed by atoms with Crippen LogP contribution in [0.15, 0.2) is 24.3 Å². The number of fused-ring (bicyclic) bond motifs is 5. The number of rotatable bonds is 1. The van der Waals surface area contributed by atoms with Gasteiger partial charge in [0.2, 0.25) is 0 Å².